The highest BCUT2D eigenvalue weighted by Crippen LogP contribution is 2.60. The molecule has 2 unspecified atom stereocenters. The third kappa shape index (κ3) is 3.75. The number of amides is 2. The van der Waals surface area contributed by atoms with E-state index in [0.717, 1.165) is 56.5 Å². The van der Waals surface area contributed by atoms with Gasteiger partial charge in [0.25, 0.3) is 0 Å². The lowest BCUT2D eigenvalue weighted by Crippen LogP contribution is -2.59. The van der Waals surface area contributed by atoms with E-state index < -0.39 is 6.04 Å². The SMILES string of the molecule is CC(C)C(NC(=O)C12CC3CC(CC(C3)C1)C2)C(=O)NC1CCNC1.Cl. The van der Waals surface area contributed by atoms with Crippen molar-refractivity contribution < 1.29 is 9.59 Å². The molecule has 0 aromatic rings. The van der Waals surface area contributed by atoms with Crippen LogP contribution in [0.25, 0.3) is 0 Å². The first-order valence-electron chi connectivity index (χ1n) is 10.3. The van der Waals surface area contributed by atoms with Crippen LogP contribution in [0.4, 0.5) is 0 Å². The maximum absolute atomic E-state index is 13.2. The van der Waals surface area contributed by atoms with Gasteiger partial charge in [0.2, 0.25) is 11.8 Å². The van der Waals surface area contributed by atoms with Gasteiger partial charge in [-0.15, -0.1) is 12.4 Å². The van der Waals surface area contributed by atoms with Crippen LogP contribution in [-0.2, 0) is 9.59 Å². The molecule has 6 heteroatoms. The van der Waals surface area contributed by atoms with E-state index in [1.165, 1.54) is 19.3 Å². The Morgan fingerprint density at radius 3 is 2.08 bits per heavy atom. The van der Waals surface area contributed by atoms with E-state index in [0.29, 0.717) is 0 Å². The van der Waals surface area contributed by atoms with Crippen molar-refractivity contribution in [2.24, 2.45) is 29.1 Å². The van der Waals surface area contributed by atoms with Crippen molar-refractivity contribution in [1.29, 1.82) is 0 Å². The van der Waals surface area contributed by atoms with Gasteiger partial charge >= 0.3 is 0 Å². The molecule has 1 aliphatic heterocycles. The highest BCUT2D eigenvalue weighted by Gasteiger charge is 2.55. The van der Waals surface area contributed by atoms with Crippen molar-refractivity contribution in [3.63, 3.8) is 0 Å². The van der Waals surface area contributed by atoms with Crippen molar-refractivity contribution in [1.82, 2.24) is 16.0 Å². The molecule has 26 heavy (non-hydrogen) atoms. The average Bonchev–Trinajstić information content (AvgIpc) is 3.03. The molecule has 3 N–H and O–H groups in total. The summed E-state index contributed by atoms with van der Waals surface area (Å²) >= 11 is 0. The Hall–Kier alpha value is -0.810. The lowest BCUT2D eigenvalue weighted by molar-refractivity contribution is -0.149. The van der Waals surface area contributed by atoms with Gasteiger partial charge in [0, 0.05) is 18.0 Å². The molecule has 1 saturated heterocycles. The molecule has 1 heterocycles. The maximum Gasteiger partial charge on any atom is 0.243 e. The minimum absolute atomic E-state index is 0. The summed E-state index contributed by atoms with van der Waals surface area (Å²) in [4.78, 5) is 26.0. The minimum Gasteiger partial charge on any atom is -0.350 e. The van der Waals surface area contributed by atoms with Crippen LogP contribution in [0, 0.1) is 29.1 Å². The van der Waals surface area contributed by atoms with Gasteiger partial charge in [-0.2, -0.15) is 0 Å². The van der Waals surface area contributed by atoms with Crippen LogP contribution in [0.15, 0.2) is 0 Å². The fourth-order valence-corrected chi connectivity index (χ4v) is 6.29. The normalized spacial score (nSPS) is 38.7. The van der Waals surface area contributed by atoms with Crippen LogP contribution in [0.5, 0.6) is 0 Å². The lowest BCUT2D eigenvalue weighted by atomic mass is 9.49. The largest absolute Gasteiger partial charge is 0.350 e. The molecule has 4 saturated carbocycles. The molecular formula is C20H34ClN3O2. The first-order chi connectivity index (χ1) is 11.9. The zero-order valence-corrected chi connectivity index (χ0v) is 16.9. The molecule has 0 radical (unpaired) electrons. The molecule has 5 nitrogen and oxygen atoms in total. The van der Waals surface area contributed by atoms with Crippen LogP contribution >= 0.6 is 12.4 Å². The Kier molecular flexibility index (Phi) is 5.88. The predicted octanol–water partition coefficient (Wildman–Crippen LogP) is 2.24. The smallest absolute Gasteiger partial charge is 0.243 e. The summed E-state index contributed by atoms with van der Waals surface area (Å²) < 4.78 is 0. The number of halogens is 1. The fraction of sp³-hybridized carbons (Fsp3) is 0.900. The second kappa shape index (κ2) is 7.67. The van der Waals surface area contributed by atoms with E-state index >= 15 is 0 Å². The van der Waals surface area contributed by atoms with E-state index in [-0.39, 0.29) is 41.6 Å². The number of rotatable bonds is 5. The number of carbonyl (C=O) groups excluding carboxylic acids is 2. The van der Waals surface area contributed by atoms with Crippen LogP contribution in [0.1, 0.15) is 58.8 Å². The summed E-state index contributed by atoms with van der Waals surface area (Å²) in [5, 5.41) is 9.57. The van der Waals surface area contributed by atoms with E-state index in [4.69, 9.17) is 0 Å². The van der Waals surface area contributed by atoms with Gasteiger partial charge in [-0.1, -0.05) is 13.8 Å². The number of hydrogen-bond acceptors (Lipinski definition) is 3. The molecule has 5 fully saturated rings. The van der Waals surface area contributed by atoms with E-state index in [9.17, 15) is 9.59 Å². The second-order valence-electron chi connectivity index (χ2n) is 9.59. The molecule has 5 aliphatic rings. The van der Waals surface area contributed by atoms with Crippen molar-refractivity contribution >= 4 is 24.2 Å². The highest BCUT2D eigenvalue weighted by atomic mass is 35.5. The van der Waals surface area contributed by atoms with Gasteiger partial charge in [0.15, 0.2) is 0 Å². The number of hydrogen-bond donors (Lipinski definition) is 3. The number of carbonyl (C=O) groups is 2. The molecule has 2 amide bonds. The van der Waals surface area contributed by atoms with Gasteiger partial charge in [-0.25, -0.2) is 0 Å². The zero-order valence-electron chi connectivity index (χ0n) is 16.1. The second-order valence-corrected chi connectivity index (χ2v) is 9.59. The van der Waals surface area contributed by atoms with Crippen LogP contribution in [-0.4, -0.2) is 37.0 Å². The topological polar surface area (TPSA) is 70.2 Å². The molecule has 4 aliphatic carbocycles. The van der Waals surface area contributed by atoms with E-state index in [1.807, 2.05) is 13.8 Å². The van der Waals surface area contributed by atoms with Gasteiger partial charge in [0.1, 0.15) is 6.04 Å². The lowest BCUT2D eigenvalue weighted by Gasteiger charge is -2.55. The zero-order chi connectivity index (χ0) is 17.6. The molecule has 148 valence electrons. The maximum atomic E-state index is 13.2. The summed E-state index contributed by atoms with van der Waals surface area (Å²) in [5.41, 5.74) is -0.183. The van der Waals surface area contributed by atoms with Gasteiger partial charge in [0.05, 0.1) is 0 Å². The Bertz CT molecular complexity index is 510. The Morgan fingerprint density at radius 2 is 1.62 bits per heavy atom. The van der Waals surface area contributed by atoms with Crippen molar-refractivity contribution in [3.05, 3.63) is 0 Å². The first kappa shape index (κ1) is 19.9. The third-order valence-electron chi connectivity index (χ3n) is 7.16. The van der Waals surface area contributed by atoms with Gasteiger partial charge in [-0.3, -0.25) is 9.59 Å². The average molecular weight is 384 g/mol. The summed E-state index contributed by atoms with van der Waals surface area (Å²) in [7, 11) is 0. The Labute approximate surface area is 163 Å². The van der Waals surface area contributed by atoms with Crippen LogP contribution in [0.2, 0.25) is 0 Å². The van der Waals surface area contributed by atoms with Gasteiger partial charge in [-0.05, 0) is 75.2 Å². The summed E-state index contributed by atoms with van der Waals surface area (Å²) in [6.07, 6.45) is 8.09. The standard InChI is InChI=1S/C20H33N3O2.ClH/c1-12(2)17(18(24)22-16-3-4-21-11-16)23-19(25)20-8-13-5-14(9-20)7-15(6-13)10-20;/h12-17,21H,3-11H2,1-2H3,(H,22,24)(H,23,25);1H. The van der Waals surface area contributed by atoms with Crippen molar-refractivity contribution in [3.8, 4) is 0 Å². The highest BCUT2D eigenvalue weighted by molar-refractivity contribution is 5.90. The summed E-state index contributed by atoms with van der Waals surface area (Å²) in [6.45, 7) is 5.84. The molecule has 5 rings (SSSR count). The molecule has 0 aromatic carbocycles. The molecule has 4 bridgehead atoms. The van der Waals surface area contributed by atoms with Crippen LogP contribution in [0.3, 0.4) is 0 Å². The van der Waals surface area contributed by atoms with Crippen molar-refractivity contribution in [2.45, 2.75) is 70.9 Å². The van der Waals surface area contributed by atoms with Crippen molar-refractivity contribution in [2.75, 3.05) is 13.1 Å². The molecule has 0 spiro atoms. The molecule has 0 aromatic heterocycles. The van der Waals surface area contributed by atoms with E-state index in [2.05, 4.69) is 16.0 Å². The monoisotopic (exact) mass is 383 g/mol. The number of nitrogens with one attached hydrogen (secondary N) is 3. The fourth-order valence-electron chi connectivity index (χ4n) is 6.29. The first-order valence-corrected chi connectivity index (χ1v) is 10.3. The summed E-state index contributed by atoms with van der Waals surface area (Å²) in [6, 6.07) is -0.216. The minimum atomic E-state index is -0.416. The Morgan fingerprint density at radius 1 is 1.04 bits per heavy atom. The molecular weight excluding hydrogens is 350 g/mol. The predicted molar refractivity (Wildman–Crippen MR) is 104 cm³/mol. The van der Waals surface area contributed by atoms with Gasteiger partial charge < -0.3 is 16.0 Å². The summed E-state index contributed by atoms with van der Waals surface area (Å²) in [5.74, 6) is 2.48. The van der Waals surface area contributed by atoms with E-state index in [1.54, 1.807) is 0 Å². The molecule has 2 atom stereocenters. The third-order valence-corrected chi connectivity index (χ3v) is 7.16. The quantitative estimate of drug-likeness (QED) is 0.681. The van der Waals surface area contributed by atoms with Crippen LogP contribution < -0.4 is 16.0 Å². The Balaban J connectivity index is 0.00000196.